The lowest BCUT2D eigenvalue weighted by molar-refractivity contribution is 0.0661. The monoisotopic (exact) mass is 343 g/mol. The SMILES string of the molecule is Cc1cc(-c2nc(CC(C)C)c(C(=O)O)o2)sc1Br. The Balaban J connectivity index is 2.45. The molecule has 2 heterocycles. The zero-order valence-electron chi connectivity index (χ0n) is 10.9. The van der Waals surface area contributed by atoms with Gasteiger partial charge in [-0.05, 0) is 46.8 Å². The molecule has 102 valence electrons. The average Bonchev–Trinajstić information content (AvgIpc) is 2.83. The molecule has 0 atom stereocenters. The number of aromatic carboxylic acids is 1. The van der Waals surface area contributed by atoms with Crippen LogP contribution in [0.3, 0.4) is 0 Å². The van der Waals surface area contributed by atoms with Gasteiger partial charge >= 0.3 is 5.97 Å². The summed E-state index contributed by atoms with van der Waals surface area (Å²) in [7, 11) is 0. The van der Waals surface area contributed by atoms with E-state index in [9.17, 15) is 4.79 Å². The summed E-state index contributed by atoms with van der Waals surface area (Å²) in [5.41, 5.74) is 1.60. The van der Waals surface area contributed by atoms with Gasteiger partial charge in [-0.25, -0.2) is 9.78 Å². The largest absolute Gasteiger partial charge is 0.475 e. The van der Waals surface area contributed by atoms with E-state index in [0.29, 0.717) is 23.9 Å². The molecule has 19 heavy (non-hydrogen) atoms. The summed E-state index contributed by atoms with van der Waals surface area (Å²) in [6, 6.07) is 1.94. The van der Waals surface area contributed by atoms with Crippen LogP contribution >= 0.6 is 27.3 Å². The number of nitrogens with zero attached hydrogens (tertiary/aromatic N) is 1. The number of hydrogen-bond donors (Lipinski definition) is 1. The van der Waals surface area contributed by atoms with Crippen LogP contribution in [0.5, 0.6) is 0 Å². The Labute approximate surface area is 123 Å². The van der Waals surface area contributed by atoms with Gasteiger partial charge in [0.05, 0.1) is 14.4 Å². The number of aromatic nitrogens is 1. The highest BCUT2D eigenvalue weighted by Crippen LogP contribution is 2.35. The fourth-order valence-electron chi connectivity index (χ4n) is 1.71. The molecule has 0 aliphatic carbocycles. The number of carboxylic acids is 1. The second-order valence-electron chi connectivity index (χ2n) is 4.77. The van der Waals surface area contributed by atoms with Crippen molar-refractivity contribution in [2.45, 2.75) is 27.2 Å². The molecule has 0 aromatic carbocycles. The van der Waals surface area contributed by atoms with Gasteiger partial charge in [0, 0.05) is 0 Å². The molecule has 0 radical (unpaired) electrons. The van der Waals surface area contributed by atoms with Gasteiger partial charge in [-0.3, -0.25) is 0 Å². The van der Waals surface area contributed by atoms with Gasteiger partial charge in [0.15, 0.2) is 0 Å². The van der Waals surface area contributed by atoms with Crippen molar-refractivity contribution in [1.82, 2.24) is 4.98 Å². The van der Waals surface area contributed by atoms with E-state index < -0.39 is 5.97 Å². The fourth-order valence-corrected chi connectivity index (χ4v) is 3.18. The molecule has 0 saturated carbocycles. The highest BCUT2D eigenvalue weighted by Gasteiger charge is 2.22. The van der Waals surface area contributed by atoms with Crippen molar-refractivity contribution in [1.29, 1.82) is 0 Å². The highest BCUT2D eigenvalue weighted by molar-refractivity contribution is 9.11. The minimum absolute atomic E-state index is 0.0501. The summed E-state index contributed by atoms with van der Waals surface area (Å²) in [4.78, 5) is 16.4. The van der Waals surface area contributed by atoms with Crippen molar-refractivity contribution in [3.63, 3.8) is 0 Å². The molecule has 0 unspecified atom stereocenters. The zero-order valence-corrected chi connectivity index (χ0v) is 13.3. The van der Waals surface area contributed by atoms with Crippen LogP contribution in [0.2, 0.25) is 0 Å². The van der Waals surface area contributed by atoms with Crippen LogP contribution in [-0.4, -0.2) is 16.1 Å². The first-order valence-electron chi connectivity index (χ1n) is 5.87. The second kappa shape index (κ2) is 5.46. The van der Waals surface area contributed by atoms with Crippen LogP contribution in [0.25, 0.3) is 10.8 Å². The minimum atomic E-state index is -1.07. The van der Waals surface area contributed by atoms with Crippen molar-refractivity contribution in [3.05, 3.63) is 26.9 Å². The lowest BCUT2D eigenvalue weighted by Gasteiger charge is -1.99. The summed E-state index contributed by atoms with van der Waals surface area (Å²) >= 11 is 4.93. The summed E-state index contributed by atoms with van der Waals surface area (Å²) in [6.45, 7) is 6.01. The summed E-state index contributed by atoms with van der Waals surface area (Å²) in [5.74, 6) is -0.410. The van der Waals surface area contributed by atoms with E-state index >= 15 is 0 Å². The maximum Gasteiger partial charge on any atom is 0.373 e. The van der Waals surface area contributed by atoms with Crippen molar-refractivity contribution in [2.24, 2.45) is 5.92 Å². The number of aryl methyl sites for hydroxylation is 1. The number of carboxylic acid groups (broad SMARTS) is 1. The Morgan fingerprint density at radius 3 is 2.74 bits per heavy atom. The van der Waals surface area contributed by atoms with E-state index in [-0.39, 0.29) is 5.76 Å². The highest BCUT2D eigenvalue weighted by atomic mass is 79.9. The van der Waals surface area contributed by atoms with Crippen LogP contribution in [-0.2, 0) is 6.42 Å². The van der Waals surface area contributed by atoms with Gasteiger partial charge in [0.1, 0.15) is 0 Å². The Morgan fingerprint density at radius 1 is 1.58 bits per heavy atom. The smallest absolute Gasteiger partial charge is 0.373 e. The Kier molecular flexibility index (Phi) is 4.10. The standard InChI is InChI=1S/C13H14BrNO3S/c1-6(2)4-8-10(13(16)17)18-12(15-8)9-5-7(3)11(14)19-9/h5-6H,4H2,1-3H3,(H,16,17). The average molecular weight is 344 g/mol. The molecule has 2 aromatic heterocycles. The number of oxazole rings is 1. The summed E-state index contributed by atoms with van der Waals surface area (Å²) < 4.78 is 6.41. The molecular formula is C13H14BrNO3S. The predicted octanol–water partition coefficient (Wildman–Crippen LogP) is 4.37. The van der Waals surface area contributed by atoms with Gasteiger partial charge in [-0.1, -0.05) is 13.8 Å². The quantitative estimate of drug-likeness (QED) is 0.894. The fraction of sp³-hybridized carbons (Fsp3) is 0.385. The third kappa shape index (κ3) is 3.06. The molecule has 0 fully saturated rings. The molecule has 0 aliphatic rings. The predicted molar refractivity (Wildman–Crippen MR) is 77.8 cm³/mol. The molecule has 0 saturated heterocycles. The third-order valence-electron chi connectivity index (χ3n) is 2.56. The molecule has 1 N–H and O–H groups in total. The van der Waals surface area contributed by atoms with E-state index in [0.717, 1.165) is 14.2 Å². The van der Waals surface area contributed by atoms with Gasteiger partial charge < -0.3 is 9.52 Å². The molecule has 6 heteroatoms. The maximum absolute atomic E-state index is 11.2. The van der Waals surface area contributed by atoms with Crippen LogP contribution in [0.1, 0.15) is 35.7 Å². The van der Waals surface area contributed by atoms with Gasteiger partial charge in [0.2, 0.25) is 11.7 Å². The van der Waals surface area contributed by atoms with Crippen molar-refractivity contribution >= 4 is 33.2 Å². The molecule has 0 amide bonds. The van der Waals surface area contributed by atoms with Gasteiger partial charge in [-0.2, -0.15) is 0 Å². The Morgan fingerprint density at radius 2 is 2.26 bits per heavy atom. The molecule has 2 aromatic rings. The van der Waals surface area contributed by atoms with Crippen molar-refractivity contribution in [2.75, 3.05) is 0 Å². The first-order valence-corrected chi connectivity index (χ1v) is 7.48. The number of carbonyl (C=O) groups is 1. The lowest BCUT2D eigenvalue weighted by Crippen LogP contribution is -2.03. The summed E-state index contributed by atoms with van der Waals surface area (Å²) in [6.07, 6.45) is 0.594. The number of thiophene rings is 1. The third-order valence-corrected chi connectivity index (χ3v) is 4.69. The molecule has 0 bridgehead atoms. The molecule has 0 spiro atoms. The molecular weight excluding hydrogens is 330 g/mol. The minimum Gasteiger partial charge on any atom is -0.475 e. The Hall–Kier alpha value is -1.14. The van der Waals surface area contributed by atoms with Crippen molar-refractivity contribution < 1.29 is 14.3 Å². The zero-order chi connectivity index (χ0) is 14.2. The molecule has 0 aliphatic heterocycles. The van der Waals surface area contributed by atoms with Crippen LogP contribution in [0.4, 0.5) is 0 Å². The van der Waals surface area contributed by atoms with E-state index in [2.05, 4.69) is 20.9 Å². The lowest BCUT2D eigenvalue weighted by atomic mass is 10.1. The van der Waals surface area contributed by atoms with E-state index in [4.69, 9.17) is 9.52 Å². The maximum atomic E-state index is 11.2. The van der Waals surface area contributed by atoms with E-state index in [1.165, 1.54) is 11.3 Å². The van der Waals surface area contributed by atoms with E-state index in [1.54, 1.807) is 0 Å². The number of hydrogen-bond acceptors (Lipinski definition) is 4. The second-order valence-corrected chi connectivity index (χ2v) is 7.14. The van der Waals surface area contributed by atoms with Crippen molar-refractivity contribution in [3.8, 4) is 10.8 Å². The van der Waals surface area contributed by atoms with Crippen LogP contribution < -0.4 is 0 Å². The van der Waals surface area contributed by atoms with Crippen LogP contribution in [0.15, 0.2) is 14.3 Å². The van der Waals surface area contributed by atoms with Gasteiger partial charge in [0.25, 0.3) is 0 Å². The number of halogens is 1. The number of rotatable bonds is 4. The summed E-state index contributed by atoms with van der Waals surface area (Å²) in [5, 5.41) is 9.16. The normalized spacial score (nSPS) is 11.2. The first-order chi connectivity index (χ1) is 8.88. The van der Waals surface area contributed by atoms with Crippen LogP contribution in [0, 0.1) is 12.8 Å². The van der Waals surface area contributed by atoms with E-state index in [1.807, 2.05) is 26.8 Å². The Bertz CT molecular complexity index is 596. The first kappa shape index (κ1) is 14.3. The molecule has 4 nitrogen and oxygen atoms in total. The topological polar surface area (TPSA) is 63.3 Å². The van der Waals surface area contributed by atoms with Gasteiger partial charge in [-0.15, -0.1) is 11.3 Å². The molecule has 2 rings (SSSR count).